The molecule has 2 rings (SSSR count). The molecule has 0 spiro atoms. The normalized spacial score (nSPS) is 10.6. The molecular weight excluding hydrogens is 142 g/mol. The van der Waals surface area contributed by atoms with Gasteiger partial charge in [-0.1, -0.05) is 0 Å². The lowest BCUT2D eigenvalue weighted by molar-refractivity contribution is 0.853. The zero-order valence-electron chi connectivity index (χ0n) is 6.02. The Morgan fingerprint density at radius 2 is 2.36 bits per heavy atom. The second-order valence-electron chi connectivity index (χ2n) is 2.27. The van der Waals surface area contributed by atoms with E-state index in [-0.39, 0.29) is 0 Å². The lowest BCUT2D eigenvalue weighted by atomic mass is 10.5. The van der Waals surface area contributed by atoms with Crippen molar-refractivity contribution in [1.82, 2.24) is 19.6 Å². The first kappa shape index (κ1) is 6.09. The molecule has 0 aliphatic rings. The molecule has 0 aliphatic heterocycles. The molecule has 0 saturated heterocycles. The van der Waals surface area contributed by atoms with Crippen LogP contribution in [0.25, 0.3) is 5.52 Å². The molecule has 0 aromatic carbocycles. The van der Waals surface area contributed by atoms with Gasteiger partial charge in [0.15, 0.2) is 5.82 Å². The van der Waals surface area contributed by atoms with E-state index in [0.717, 1.165) is 5.52 Å². The summed E-state index contributed by atoms with van der Waals surface area (Å²) in [6, 6.07) is 0. The van der Waals surface area contributed by atoms with Gasteiger partial charge in [-0.05, 0) is 6.92 Å². The van der Waals surface area contributed by atoms with E-state index in [9.17, 15) is 0 Å². The van der Waals surface area contributed by atoms with Crippen LogP contribution in [0.3, 0.4) is 0 Å². The Morgan fingerprint density at radius 1 is 1.55 bits per heavy atom. The molecule has 0 aliphatic carbocycles. The van der Waals surface area contributed by atoms with Crippen LogP contribution in [0, 0.1) is 6.92 Å². The summed E-state index contributed by atoms with van der Waals surface area (Å²) in [6.07, 6.45) is 3.23. The Balaban J connectivity index is 2.91. The minimum absolute atomic E-state index is 0.468. The second kappa shape index (κ2) is 1.91. The lowest BCUT2D eigenvalue weighted by Crippen LogP contribution is -2.01. The minimum atomic E-state index is 0.468. The monoisotopic (exact) mass is 149 g/mol. The number of fused-ring (bicyclic) bond motifs is 1. The number of hydrogen-bond acceptors (Lipinski definition) is 4. The predicted molar refractivity (Wildman–Crippen MR) is 39.9 cm³/mol. The van der Waals surface area contributed by atoms with Gasteiger partial charge in [0.2, 0.25) is 0 Å². The summed E-state index contributed by atoms with van der Waals surface area (Å²) in [5, 5.41) is 4.06. The first-order chi connectivity index (χ1) is 5.27. The molecule has 2 N–H and O–H groups in total. The highest BCUT2D eigenvalue weighted by atomic mass is 15.3. The van der Waals surface area contributed by atoms with Crippen molar-refractivity contribution in [3.63, 3.8) is 0 Å². The van der Waals surface area contributed by atoms with Crippen molar-refractivity contribution < 1.29 is 0 Å². The number of aromatic nitrogens is 4. The summed E-state index contributed by atoms with van der Waals surface area (Å²) in [4.78, 5) is 7.86. The molecule has 0 atom stereocenters. The Morgan fingerprint density at radius 3 is 3.18 bits per heavy atom. The fourth-order valence-corrected chi connectivity index (χ4v) is 0.961. The molecule has 56 valence electrons. The van der Waals surface area contributed by atoms with Crippen molar-refractivity contribution in [2.45, 2.75) is 6.92 Å². The number of imidazole rings is 1. The van der Waals surface area contributed by atoms with Crippen molar-refractivity contribution in [3.8, 4) is 0 Å². The van der Waals surface area contributed by atoms with E-state index in [1.54, 1.807) is 24.0 Å². The number of anilines is 1. The quantitative estimate of drug-likeness (QED) is 0.573. The van der Waals surface area contributed by atoms with Gasteiger partial charge in [0.25, 0.3) is 0 Å². The lowest BCUT2D eigenvalue weighted by Gasteiger charge is -1.96. The molecule has 0 amide bonds. The van der Waals surface area contributed by atoms with E-state index >= 15 is 0 Å². The summed E-state index contributed by atoms with van der Waals surface area (Å²) in [5.74, 6) is 1.11. The van der Waals surface area contributed by atoms with Crippen LogP contribution < -0.4 is 5.73 Å². The van der Waals surface area contributed by atoms with Crippen LogP contribution in [0.4, 0.5) is 5.82 Å². The van der Waals surface area contributed by atoms with Crippen LogP contribution in [-0.2, 0) is 0 Å². The van der Waals surface area contributed by atoms with Gasteiger partial charge in [-0.25, -0.2) is 14.5 Å². The molecule has 2 aromatic heterocycles. The zero-order chi connectivity index (χ0) is 7.84. The maximum Gasteiger partial charge on any atom is 0.153 e. The van der Waals surface area contributed by atoms with Gasteiger partial charge < -0.3 is 5.73 Å². The number of nitrogen functional groups attached to an aromatic ring is 1. The van der Waals surface area contributed by atoms with Gasteiger partial charge in [-0.2, -0.15) is 5.10 Å². The highest BCUT2D eigenvalue weighted by Crippen LogP contribution is 2.06. The van der Waals surface area contributed by atoms with E-state index in [0.29, 0.717) is 11.6 Å². The summed E-state index contributed by atoms with van der Waals surface area (Å²) in [7, 11) is 0. The third kappa shape index (κ3) is 0.813. The van der Waals surface area contributed by atoms with Gasteiger partial charge in [0.05, 0.1) is 6.20 Å². The van der Waals surface area contributed by atoms with E-state index < -0.39 is 0 Å². The number of nitrogens with zero attached hydrogens (tertiary/aromatic N) is 4. The summed E-state index contributed by atoms with van der Waals surface area (Å²) < 4.78 is 1.61. The second-order valence-corrected chi connectivity index (χ2v) is 2.27. The maximum absolute atomic E-state index is 5.59. The minimum Gasteiger partial charge on any atom is -0.382 e. The van der Waals surface area contributed by atoms with Crippen molar-refractivity contribution >= 4 is 11.3 Å². The van der Waals surface area contributed by atoms with Crippen LogP contribution in [0.15, 0.2) is 12.5 Å². The molecule has 5 nitrogen and oxygen atoms in total. The summed E-state index contributed by atoms with van der Waals surface area (Å²) >= 11 is 0. The molecule has 0 fully saturated rings. The Kier molecular flexibility index (Phi) is 1.06. The van der Waals surface area contributed by atoms with Crippen LogP contribution >= 0.6 is 0 Å². The van der Waals surface area contributed by atoms with Gasteiger partial charge in [0.1, 0.15) is 17.7 Å². The molecular formula is C6H7N5. The van der Waals surface area contributed by atoms with E-state index in [1.807, 2.05) is 0 Å². The highest BCUT2D eigenvalue weighted by Gasteiger charge is 2.00. The van der Waals surface area contributed by atoms with Gasteiger partial charge >= 0.3 is 0 Å². The van der Waals surface area contributed by atoms with Gasteiger partial charge in [-0.3, -0.25) is 0 Å². The Labute approximate surface area is 62.9 Å². The van der Waals surface area contributed by atoms with Crippen LogP contribution in [0.1, 0.15) is 5.82 Å². The predicted octanol–water partition coefficient (Wildman–Crippen LogP) is 0.0149. The topological polar surface area (TPSA) is 69.1 Å². The van der Waals surface area contributed by atoms with Crippen LogP contribution in [0.2, 0.25) is 0 Å². The number of rotatable bonds is 0. The van der Waals surface area contributed by atoms with Gasteiger partial charge in [-0.15, -0.1) is 0 Å². The standard InChI is InChI=1S/C6H7N5/c1-4-9-6(7)5-2-8-3-11(5)10-4/h2-3H,1H3,(H2,7,9,10). The number of aryl methyl sites for hydroxylation is 1. The zero-order valence-corrected chi connectivity index (χ0v) is 6.02. The average molecular weight is 149 g/mol. The highest BCUT2D eigenvalue weighted by molar-refractivity contribution is 5.62. The third-order valence-corrected chi connectivity index (χ3v) is 1.42. The molecule has 2 aromatic rings. The summed E-state index contributed by atoms with van der Waals surface area (Å²) in [5.41, 5.74) is 6.34. The smallest absolute Gasteiger partial charge is 0.153 e. The molecule has 5 heteroatoms. The largest absolute Gasteiger partial charge is 0.382 e. The molecule has 0 saturated carbocycles. The van der Waals surface area contributed by atoms with E-state index in [2.05, 4.69) is 15.1 Å². The van der Waals surface area contributed by atoms with Crippen molar-refractivity contribution in [3.05, 3.63) is 18.3 Å². The number of hydrogen-bond donors (Lipinski definition) is 1. The summed E-state index contributed by atoms with van der Waals surface area (Å²) in [6.45, 7) is 1.79. The van der Waals surface area contributed by atoms with Crippen molar-refractivity contribution in [2.75, 3.05) is 5.73 Å². The third-order valence-electron chi connectivity index (χ3n) is 1.42. The van der Waals surface area contributed by atoms with Gasteiger partial charge in [0, 0.05) is 0 Å². The Hall–Kier alpha value is -1.65. The van der Waals surface area contributed by atoms with Crippen molar-refractivity contribution in [1.29, 1.82) is 0 Å². The molecule has 11 heavy (non-hydrogen) atoms. The molecule has 0 radical (unpaired) electrons. The van der Waals surface area contributed by atoms with Crippen molar-refractivity contribution in [2.24, 2.45) is 0 Å². The SMILES string of the molecule is Cc1nc(N)c2cncn2n1. The molecule has 0 bridgehead atoms. The Bertz CT molecular complexity index is 391. The first-order valence-corrected chi connectivity index (χ1v) is 3.20. The fourth-order valence-electron chi connectivity index (χ4n) is 0.961. The maximum atomic E-state index is 5.59. The molecule has 0 unspecified atom stereocenters. The average Bonchev–Trinajstić information content (AvgIpc) is 2.34. The van der Waals surface area contributed by atoms with Crippen LogP contribution in [-0.4, -0.2) is 19.6 Å². The van der Waals surface area contributed by atoms with Crippen LogP contribution in [0.5, 0.6) is 0 Å². The molecule has 2 heterocycles. The first-order valence-electron chi connectivity index (χ1n) is 3.20. The van der Waals surface area contributed by atoms with E-state index in [1.165, 1.54) is 0 Å². The van der Waals surface area contributed by atoms with E-state index in [4.69, 9.17) is 5.73 Å². The number of nitrogens with two attached hydrogens (primary N) is 1. The fraction of sp³-hybridized carbons (Fsp3) is 0.167.